The normalized spacial score (nSPS) is 19.3. The maximum Gasteiger partial charge on any atom is 0.320 e. The van der Waals surface area contributed by atoms with Crippen LogP contribution in [0.1, 0.15) is 50.2 Å². The van der Waals surface area contributed by atoms with Crippen molar-refractivity contribution in [2.45, 2.75) is 51.6 Å². The highest BCUT2D eigenvalue weighted by molar-refractivity contribution is 5.73. The van der Waals surface area contributed by atoms with Gasteiger partial charge >= 0.3 is 5.97 Å². The molecule has 0 amide bonds. The average Bonchev–Trinajstić information content (AvgIpc) is 2.47. The fraction of sp³-hybridized carbons (Fsp3) is 0.562. The van der Waals surface area contributed by atoms with Crippen molar-refractivity contribution >= 4 is 11.7 Å². The van der Waals surface area contributed by atoms with Crippen molar-refractivity contribution in [1.82, 2.24) is 4.90 Å². The summed E-state index contributed by atoms with van der Waals surface area (Å²) in [5.41, 5.74) is 1.63. The van der Waals surface area contributed by atoms with E-state index in [1.165, 1.54) is 0 Å². The van der Waals surface area contributed by atoms with Gasteiger partial charge in [-0.3, -0.25) is 19.8 Å². The van der Waals surface area contributed by atoms with Crippen LogP contribution in [0.3, 0.4) is 0 Å². The van der Waals surface area contributed by atoms with Crippen LogP contribution >= 0.6 is 0 Å². The highest BCUT2D eigenvalue weighted by Crippen LogP contribution is 2.28. The minimum atomic E-state index is -0.812. The number of carbonyl (C=O) groups is 1. The summed E-state index contributed by atoms with van der Waals surface area (Å²) >= 11 is 0. The van der Waals surface area contributed by atoms with Gasteiger partial charge in [0.1, 0.15) is 6.04 Å². The van der Waals surface area contributed by atoms with E-state index in [2.05, 4.69) is 0 Å². The van der Waals surface area contributed by atoms with Crippen LogP contribution in [0.25, 0.3) is 0 Å². The van der Waals surface area contributed by atoms with Crippen LogP contribution in [-0.2, 0) is 11.3 Å². The summed E-state index contributed by atoms with van der Waals surface area (Å²) in [6.07, 6.45) is 2.53. The Balaban J connectivity index is 2.23. The van der Waals surface area contributed by atoms with Crippen molar-refractivity contribution in [2.24, 2.45) is 0 Å². The third kappa shape index (κ3) is 3.62. The van der Waals surface area contributed by atoms with E-state index in [0.29, 0.717) is 18.5 Å². The topological polar surface area (TPSA) is 83.7 Å². The molecule has 1 atom stereocenters. The Bertz CT molecular complexity index is 571. The van der Waals surface area contributed by atoms with E-state index in [0.717, 1.165) is 24.9 Å². The molecule has 6 nitrogen and oxygen atoms in total. The second kappa shape index (κ2) is 6.87. The van der Waals surface area contributed by atoms with E-state index in [4.69, 9.17) is 0 Å². The largest absolute Gasteiger partial charge is 0.480 e. The summed E-state index contributed by atoms with van der Waals surface area (Å²) in [6.45, 7) is 5.01. The molecule has 0 radical (unpaired) electrons. The zero-order valence-corrected chi connectivity index (χ0v) is 13.0. The molecule has 1 fully saturated rings. The van der Waals surface area contributed by atoms with Crippen LogP contribution in [0.4, 0.5) is 5.69 Å². The molecule has 22 heavy (non-hydrogen) atoms. The zero-order chi connectivity index (χ0) is 16.3. The summed E-state index contributed by atoms with van der Waals surface area (Å²) in [7, 11) is 0. The number of aliphatic carboxylic acids is 1. The van der Waals surface area contributed by atoms with Crippen LogP contribution < -0.4 is 0 Å². The molecule has 120 valence electrons. The standard InChI is InChI=1S/C16H22N2O4/c1-11(2)13-7-6-12(9-15(13)18(21)22)10-17-8-4-3-5-14(17)16(19)20/h6-7,9,11,14H,3-5,8,10H2,1-2H3,(H,19,20). The van der Waals surface area contributed by atoms with E-state index in [1.54, 1.807) is 12.1 Å². The maximum absolute atomic E-state index is 11.3. The molecule has 0 bridgehead atoms. The van der Waals surface area contributed by atoms with Crippen molar-refractivity contribution in [3.63, 3.8) is 0 Å². The first-order valence-electron chi connectivity index (χ1n) is 7.64. The van der Waals surface area contributed by atoms with Crippen LogP contribution in [-0.4, -0.2) is 33.5 Å². The Hall–Kier alpha value is -1.95. The number of nitro benzene ring substituents is 1. The minimum absolute atomic E-state index is 0.0798. The molecular weight excluding hydrogens is 284 g/mol. The summed E-state index contributed by atoms with van der Waals surface area (Å²) < 4.78 is 0. The first-order chi connectivity index (χ1) is 10.4. The van der Waals surface area contributed by atoms with Gasteiger partial charge in [-0.05, 0) is 30.9 Å². The zero-order valence-electron chi connectivity index (χ0n) is 13.0. The summed E-state index contributed by atoms with van der Waals surface area (Å²) in [6, 6.07) is 4.76. The van der Waals surface area contributed by atoms with E-state index in [9.17, 15) is 20.0 Å². The summed E-state index contributed by atoms with van der Waals surface area (Å²) in [5, 5.41) is 20.5. The smallest absolute Gasteiger partial charge is 0.320 e. The van der Waals surface area contributed by atoms with Crippen molar-refractivity contribution < 1.29 is 14.8 Å². The fourth-order valence-corrected chi connectivity index (χ4v) is 3.03. The van der Waals surface area contributed by atoms with Crippen LogP contribution in [0.15, 0.2) is 18.2 Å². The summed E-state index contributed by atoms with van der Waals surface area (Å²) in [5.74, 6) is -0.732. The first kappa shape index (κ1) is 16.4. The number of nitrogens with zero attached hydrogens (tertiary/aromatic N) is 2. The Morgan fingerprint density at radius 3 is 2.77 bits per heavy atom. The molecule has 1 saturated heterocycles. The fourth-order valence-electron chi connectivity index (χ4n) is 3.03. The van der Waals surface area contributed by atoms with Gasteiger partial charge in [0.25, 0.3) is 5.69 Å². The van der Waals surface area contributed by atoms with Crippen molar-refractivity contribution in [2.75, 3.05) is 6.54 Å². The molecule has 1 heterocycles. The second-order valence-corrected chi connectivity index (χ2v) is 6.13. The van der Waals surface area contributed by atoms with Gasteiger partial charge in [-0.25, -0.2) is 0 Å². The molecule has 1 aliphatic rings. The lowest BCUT2D eigenvalue weighted by Gasteiger charge is -2.32. The SMILES string of the molecule is CC(C)c1ccc(CN2CCCCC2C(=O)O)cc1[N+](=O)[O-]. The van der Waals surface area contributed by atoms with E-state index < -0.39 is 12.0 Å². The number of rotatable bonds is 5. The molecule has 1 aromatic rings. The molecule has 0 aliphatic carbocycles. The van der Waals surface area contributed by atoms with Crippen molar-refractivity contribution in [3.8, 4) is 0 Å². The van der Waals surface area contributed by atoms with Crippen LogP contribution in [0, 0.1) is 10.1 Å². The van der Waals surface area contributed by atoms with E-state index in [-0.39, 0.29) is 16.5 Å². The number of hydrogen-bond acceptors (Lipinski definition) is 4. The van der Waals surface area contributed by atoms with Crippen LogP contribution in [0.2, 0.25) is 0 Å². The quantitative estimate of drug-likeness (QED) is 0.667. The van der Waals surface area contributed by atoms with Gasteiger partial charge in [-0.1, -0.05) is 32.4 Å². The number of nitro groups is 1. The molecule has 0 spiro atoms. The summed E-state index contributed by atoms with van der Waals surface area (Å²) in [4.78, 5) is 24.1. The molecule has 1 aliphatic heterocycles. The van der Waals surface area contributed by atoms with Gasteiger partial charge in [0.05, 0.1) is 4.92 Å². The number of carboxylic acid groups (broad SMARTS) is 1. The van der Waals surface area contributed by atoms with Gasteiger partial charge in [-0.15, -0.1) is 0 Å². The lowest BCUT2D eigenvalue weighted by molar-refractivity contribution is -0.385. The van der Waals surface area contributed by atoms with Crippen LogP contribution in [0.5, 0.6) is 0 Å². The Morgan fingerprint density at radius 2 is 2.18 bits per heavy atom. The van der Waals surface area contributed by atoms with E-state index in [1.807, 2.05) is 24.8 Å². The molecule has 0 saturated carbocycles. The Kier molecular flexibility index (Phi) is 5.13. The molecule has 1 N–H and O–H groups in total. The molecule has 1 unspecified atom stereocenters. The highest BCUT2D eigenvalue weighted by Gasteiger charge is 2.28. The second-order valence-electron chi connectivity index (χ2n) is 6.13. The third-order valence-electron chi connectivity index (χ3n) is 4.20. The van der Waals surface area contributed by atoms with Gasteiger partial charge in [0.2, 0.25) is 0 Å². The van der Waals surface area contributed by atoms with E-state index >= 15 is 0 Å². The third-order valence-corrected chi connectivity index (χ3v) is 4.20. The molecular formula is C16H22N2O4. The number of likely N-dealkylation sites (tertiary alicyclic amines) is 1. The van der Waals surface area contributed by atoms with Gasteiger partial charge in [-0.2, -0.15) is 0 Å². The number of carboxylic acids is 1. The number of piperidine rings is 1. The lowest BCUT2D eigenvalue weighted by atomic mass is 9.97. The van der Waals surface area contributed by atoms with Gasteiger partial charge < -0.3 is 5.11 Å². The number of benzene rings is 1. The monoisotopic (exact) mass is 306 g/mol. The molecule has 0 aromatic heterocycles. The maximum atomic E-state index is 11.3. The first-order valence-corrected chi connectivity index (χ1v) is 7.64. The number of hydrogen-bond donors (Lipinski definition) is 1. The lowest BCUT2D eigenvalue weighted by Crippen LogP contribution is -2.44. The Labute approximate surface area is 129 Å². The Morgan fingerprint density at radius 1 is 1.45 bits per heavy atom. The predicted molar refractivity (Wildman–Crippen MR) is 82.9 cm³/mol. The predicted octanol–water partition coefficient (Wildman–Crippen LogP) is 3.16. The minimum Gasteiger partial charge on any atom is -0.480 e. The molecule has 6 heteroatoms. The molecule has 1 aromatic carbocycles. The van der Waals surface area contributed by atoms with Crippen molar-refractivity contribution in [3.05, 3.63) is 39.4 Å². The molecule has 2 rings (SSSR count). The van der Waals surface area contributed by atoms with Gasteiger partial charge in [0.15, 0.2) is 0 Å². The average molecular weight is 306 g/mol. The van der Waals surface area contributed by atoms with Gasteiger partial charge in [0, 0.05) is 18.2 Å². The highest BCUT2D eigenvalue weighted by atomic mass is 16.6. The van der Waals surface area contributed by atoms with Crippen molar-refractivity contribution in [1.29, 1.82) is 0 Å².